The molecule has 0 fully saturated rings. The van der Waals surface area contributed by atoms with Crippen LogP contribution in [0, 0.1) is 5.82 Å². The van der Waals surface area contributed by atoms with Crippen LogP contribution in [0.15, 0.2) is 18.2 Å². The Morgan fingerprint density at radius 1 is 1.38 bits per heavy atom. The van der Waals surface area contributed by atoms with Crippen molar-refractivity contribution in [1.29, 1.82) is 0 Å². The van der Waals surface area contributed by atoms with Crippen LogP contribution in [-0.4, -0.2) is 7.11 Å². The van der Waals surface area contributed by atoms with Crippen molar-refractivity contribution in [3.8, 4) is 5.75 Å². The molecule has 2 nitrogen and oxygen atoms in total. The minimum Gasteiger partial charge on any atom is -0.497 e. The van der Waals surface area contributed by atoms with Crippen LogP contribution >= 0.6 is 12.4 Å². The molecule has 0 heterocycles. The number of ether oxygens (including phenoxy) is 1. The molecule has 0 spiro atoms. The fourth-order valence-electron chi connectivity index (χ4n) is 0.965. The van der Waals surface area contributed by atoms with Gasteiger partial charge in [0.15, 0.2) is 0 Å². The van der Waals surface area contributed by atoms with Crippen LogP contribution in [0.3, 0.4) is 0 Å². The molecule has 0 bridgehead atoms. The molecule has 0 amide bonds. The molecular formula is C9H13ClFNO. The van der Waals surface area contributed by atoms with E-state index in [0.29, 0.717) is 5.75 Å². The van der Waals surface area contributed by atoms with Gasteiger partial charge in [0.1, 0.15) is 11.6 Å². The van der Waals surface area contributed by atoms with Gasteiger partial charge in [0.2, 0.25) is 0 Å². The summed E-state index contributed by atoms with van der Waals surface area (Å²) in [5.74, 6) is 0.184. The van der Waals surface area contributed by atoms with E-state index in [0.717, 1.165) is 5.56 Å². The summed E-state index contributed by atoms with van der Waals surface area (Å²) >= 11 is 0. The Morgan fingerprint density at radius 3 is 2.46 bits per heavy atom. The van der Waals surface area contributed by atoms with Gasteiger partial charge < -0.3 is 10.5 Å². The van der Waals surface area contributed by atoms with Gasteiger partial charge in [-0.3, -0.25) is 0 Å². The predicted molar refractivity (Wildman–Crippen MR) is 52.8 cm³/mol. The summed E-state index contributed by atoms with van der Waals surface area (Å²) in [6, 6.07) is 4.29. The lowest BCUT2D eigenvalue weighted by molar-refractivity contribution is 0.410. The highest BCUT2D eigenvalue weighted by atomic mass is 35.5. The Labute approximate surface area is 83.3 Å². The van der Waals surface area contributed by atoms with Crippen molar-refractivity contribution in [2.24, 2.45) is 5.73 Å². The van der Waals surface area contributed by atoms with Crippen LogP contribution in [0.5, 0.6) is 5.75 Å². The van der Waals surface area contributed by atoms with Crippen molar-refractivity contribution in [3.05, 3.63) is 29.6 Å². The number of nitrogens with two attached hydrogens (primary N) is 1. The van der Waals surface area contributed by atoms with Crippen LogP contribution in [0.1, 0.15) is 18.5 Å². The number of rotatable bonds is 2. The first kappa shape index (κ1) is 12.2. The topological polar surface area (TPSA) is 35.2 Å². The fourth-order valence-corrected chi connectivity index (χ4v) is 0.965. The van der Waals surface area contributed by atoms with Crippen LogP contribution in [-0.2, 0) is 0 Å². The number of benzene rings is 1. The van der Waals surface area contributed by atoms with Crippen molar-refractivity contribution in [1.82, 2.24) is 0 Å². The molecule has 1 rings (SSSR count). The highest BCUT2D eigenvalue weighted by molar-refractivity contribution is 5.85. The van der Waals surface area contributed by atoms with Crippen LogP contribution in [0.25, 0.3) is 0 Å². The molecule has 0 saturated carbocycles. The van der Waals surface area contributed by atoms with E-state index in [9.17, 15) is 4.39 Å². The Balaban J connectivity index is 0.00000144. The van der Waals surface area contributed by atoms with Crippen molar-refractivity contribution < 1.29 is 9.13 Å². The number of hydrogen-bond acceptors (Lipinski definition) is 2. The van der Waals surface area contributed by atoms with E-state index in [1.807, 2.05) is 0 Å². The molecule has 74 valence electrons. The second-order valence-corrected chi connectivity index (χ2v) is 2.71. The molecule has 0 aliphatic rings. The van der Waals surface area contributed by atoms with E-state index in [4.69, 9.17) is 10.5 Å². The maximum absolute atomic E-state index is 12.8. The van der Waals surface area contributed by atoms with Gasteiger partial charge in [-0.25, -0.2) is 4.39 Å². The zero-order chi connectivity index (χ0) is 9.14. The minimum atomic E-state index is -0.318. The summed E-state index contributed by atoms with van der Waals surface area (Å²) in [6.45, 7) is 1.80. The molecule has 1 aromatic carbocycles. The zero-order valence-corrected chi connectivity index (χ0v) is 8.40. The van der Waals surface area contributed by atoms with Crippen molar-refractivity contribution in [2.45, 2.75) is 13.0 Å². The van der Waals surface area contributed by atoms with Gasteiger partial charge >= 0.3 is 0 Å². The van der Waals surface area contributed by atoms with Crippen LogP contribution in [0.2, 0.25) is 0 Å². The molecule has 1 unspecified atom stereocenters. The third-order valence-corrected chi connectivity index (χ3v) is 1.66. The average Bonchev–Trinajstić information content (AvgIpc) is 2.03. The molecule has 2 N–H and O–H groups in total. The van der Waals surface area contributed by atoms with E-state index < -0.39 is 0 Å². The Morgan fingerprint density at radius 2 is 2.00 bits per heavy atom. The van der Waals surface area contributed by atoms with Gasteiger partial charge in [-0.05, 0) is 24.6 Å². The molecule has 0 aliphatic carbocycles. The van der Waals surface area contributed by atoms with Crippen molar-refractivity contribution in [3.63, 3.8) is 0 Å². The number of methoxy groups -OCH3 is 1. The standard InChI is InChI=1S/C9H12FNO.ClH/c1-6(11)7-3-8(10)5-9(4-7)12-2;/h3-6H,11H2,1-2H3;1H. The van der Waals surface area contributed by atoms with E-state index in [1.54, 1.807) is 13.0 Å². The highest BCUT2D eigenvalue weighted by Gasteiger charge is 2.03. The average molecular weight is 206 g/mol. The molecular weight excluding hydrogens is 193 g/mol. The summed E-state index contributed by atoms with van der Waals surface area (Å²) in [6.07, 6.45) is 0. The Kier molecular flexibility index (Phi) is 4.73. The first-order valence-electron chi connectivity index (χ1n) is 3.73. The van der Waals surface area contributed by atoms with Gasteiger partial charge in [-0.2, -0.15) is 0 Å². The summed E-state index contributed by atoms with van der Waals surface area (Å²) in [4.78, 5) is 0. The maximum Gasteiger partial charge on any atom is 0.127 e. The van der Waals surface area contributed by atoms with Crippen LogP contribution in [0.4, 0.5) is 4.39 Å². The lowest BCUT2D eigenvalue weighted by Gasteiger charge is -2.07. The smallest absolute Gasteiger partial charge is 0.127 e. The summed E-state index contributed by atoms with van der Waals surface area (Å²) in [7, 11) is 1.50. The van der Waals surface area contributed by atoms with Crippen LogP contribution < -0.4 is 10.5 Å². The lowest BCUT2D eigenvalue weighted by atomic mass is 10.1. The zero-order valence-electron chi connectivity index (χ0n) is 7.58. The molecule has 4 heteroatoms. The quantitative estimate of drug-likeness (QED) is 0.804. The van der Waals surface area contributed by atoms with Gasteiger partial charge in [-0.15, -0.1) is 12.4 Å². The third-order valence-electron chi connectivity index (χ3n) is 1.66. The Bertz CT molecular complexity index is 278. The monoisotopic (exact) mass is 205 g/mol. The molecule has 1 atom stereocenters. The highest BCUT2D eigenvalue weighted by Crippen LogP contribution is 2.19. The second kappa shape index (κ2) is 5.04. The SMILES string of the molecule is COc1cc(F)cc(C(C)N)c1.Cl. The van der Waals surface area contributed by atoms with E-state index in [2.05, 4.69) is 0 Å². The largest absolute Gasteiger partial charge is 0.497 e. The molecule has 1 aromatic rings. The molecule has 0 aliphatic heterocycles. The summed E-state index contributed by atoms with van der Waals surface area (Å²) in [5, 5.41) is 0. The molecule has 0 saturated heterocycles. The maximum atomic E-state index is 12.8. The van der Waals surface area contributed by atoms with Gasteiger partial charge in [0.05, 0.1) is 7.11 Å². The Hall–Kier alpha value is -0.800. The van der Waals surface area contributed by atoms with E-state index in [1.165, 1.54) is 19.2 Å². The van der Waals surface area contributed by atoms with E-state index in [-0.39, 0.29) is 24.3 Å². The first-order valence-corrected chi connectivity index (χ1v) is 3.73. The minimum absolute atomic E-state index is 0. The fraction of sp³-hybridized carbons (Fsp3) is 0.333. The summed E-state index contributed by atoms with van der Waals surface area (Å²) < 4.78 is 17.7. The predicted octanol–water partition coefficient (Wildman–Crippen LogP) is 2.28. The lowest BCUT2D eigenvalue weighted by Crippen LogP contribution is -2.05. The van der Waals surface area contributed by atoms with Gasteiger partial charge in [0.25, 0.3) is 0 Å². The first-order chi connectivity index (χ1) is 5.63. The van der Waals surface area contributed by atoms with Crippen molar-refractivity contribution in [2.75, 3.05) is 7.11 Å². The normalized spacial score (nSPS) is 11.7. The molecule has 0 radical (unpaired) electrons. The third kappa shape index (κ3) is 3.20. The van der Waals surface area contributed by atoms with Gasteiger partial charge in [0, 0.05) is 12.1 Å². The summed E-state index contributed by atoms with van der Waals surface area (Å²) in [5.41, 5.74) is 6.33. The van der Waals surface area contributed by atoms with E-state index >= 15 is 0 Å². The molecule has 0 aromatic heterocycles. The number of hydrogen-bond donors (Lipinski definition) is 1. The number of halogens is 2. The second-order valence-electron chi connectivity index (χ2n) is 2.71. The van der Waals surface area contributed by atoms with Gasteiger partial charge in [-0.1, -0.05) is 0 Å². The molecule has 13 heavy (non-hydrogen) atoms. The van der Waals surface area contributed by atoms with Crippen molar-refractivity contribution >= 4 is 12.4 Å².